The van der Waals surface area contributed by atoms with Gasteiger partial charge in [0.2, 0.25) is 41.4 Å². The lowest BCUT2D eigenvalue weighted by Gasteiger charge is -2.52. The highest BCUT2D eigenvalue weighted by atomic mass is 16.8. The Bertz CT molecular complexity index is 4050. The fourth-order valence-corrected chi connectivity index (χ4v) is 18.5. The molecular weight excluding hydrogens is 1950 g/mol. The van der Waals surface area contributed by atoms with Crippen LogP contribution < -0.4 is 37.2 Å². The zero-order valence-electron chi connectivity index (χ0n) is 77.5. The zero-order chi connectivity index (χ0) is 105. The van der Waals surface area contributed by atoms with Gasteiger partial charge < -0.3 is 280 Å². The summed E-state index contributed by atoms with van der Waals surface area (Å²) in [5.41, 5.74) is 0. The topological polar surface area (TPSA) is 964 Å². The second kappa shape index (κ2) is 51.9. The lowest BCUT2D eigenvalue weighted by atomic mass is 9.93. The molecule has 143 heavy (non-hydrogen) atoms. The molecule has 11 fully saturated rings. The summed E-state index contributed by atoms with van der Waals surface area (Å²) in [6, 6.07) is -13.2. The molecule has 0 aliphatic carbocycles. The van der Waals surface area contributed by atoms with Crippen LogP contribution in [0.15, 0.2) is 0 Å². The number of nitrogens with one attached hydrogen (secondary N) is 7. The number of hydrogen-bond donors (Lipinski definition) is 35. The van der Waals surface area contributed by atoms with E-state index in [1.165, 1.54) is 0 Å². The summed E-state index contributed by atoms with van der Waals surface area (Å²) >= 11 is 0. The summed E-state index contributed by atoms with van der Waals surface area (Å²) in [5, 5.41) is 337. The normalized spacial score (nSPS) is 47.3. The average molecular weight is 2090 g/mol. The molecule has 0 aromatic rings. The van der Waals surface area contributed by atoms with E-state index < -0.39 is 451 Å². The van der Waals surface area contributed by atoms with Crippen molar-refractivity contribution in [3.05, 3.63) is 0 Å². The molecule has 11 heterocycles. The number of ether oxygens (including phenoxy) is 21. The molecule has 11 aliphatic heterocycles. The predicted molar refractivity (Wildman–Crippen MR) is 444 cm³/mol. The predicted octanol–water partition coefficient (Wildman–Crippen LogP) is -24.0. The minimum Gasteiger partial charge on any atom is -0.394 e. The highest BCUT2D eigenvalue weighted by molar-refractivity contribution is 5.75. The Kier molecular flexibility index (Phi) is 42.7. The molecule has 11 saturated heterocycles. The SMILES string of the molecule is CC(=O)N[C@H]1[C@H](O[C@H]2[C@H](O)[C@@H](NC(C)=O)C(O)O[C@@H]2CO)O[C@H](CO)[C@@H](O[C@@H]2O[C@H](CO[C@H]3O[C@H](CO[C@@H]4O[C@H](CO)[C@@H](O)[C@H](O)[C@H]4NC(C)=O)[C@@H](O)[C@H](O)[C@@H]3O[C@@H]3O[C@H](CO)[C@@H](O)[C@H](O)[C@H]3NC(C)=O)[C@@H](O)[C@H](O[C@H]3O[C@H](CO)[C@@H](O[C@@H]4O[C@H](CO)[C@@H](O)[C@H](O)[C@H]4NC(C)=O)[C@H](O)[C@@H]3O[C@@H]3O[C@H](CO)[C@@H](O[C@@H]4O[C@H](CO)[C@H](O)[C@H](O[C@@H]5O[C@H](CO)[C@@H](O)[C@H](O)[C@H]5NC(C)=O)[C@H]4O)[C@H](O)[C@H]3NC(C)=O)[C@@H]2O)[C@@H]1O. The van der Waals surface area contributed by atoms with Crippen LogP contribution in [0, 0.1) is 0 Å². The van der Waals surface area contributed by atoms with Crippen molar-refractivity contribution in [3.63, 3.8) is 0 Å². The summed E-state index contributed by atoms with van der Waals surface area (Å²) in [6.07, 6.45) is -105. The van der Waals surface area contributed by atoms with E-state index >= 15 is 0 Å². The van der Waals surface area contributed by atoms with E-state index in [1.807, 2.05) is 0 Å². The van der Waals surface area contributed by atoms with Crippen LogP contribution in [-0.4, -0.2) is 594 Å². The molecule has 0 spiro atoms. The van der Waals surface area contributed by atoms with Crippen molar-refractivity contribution in [1.82, 2.24) is 37.2 Å². The second-order valence-corrected chi connectivity index (χ2v) is 36.0. The van der Waals surface area contributed by atoms with E-state index in [2.05, 4.69) is 37.2 Å². The van der Waals surface area contributed by atoms with E-state index in [1.54, 1.807) is 0 Å². The standard InChI is InChI=1S/C80H133N7O56/c1-19(97)81-37-55(115)62(31(13-93)125-70(37)122)136-75-42(86-24(6)102)56(116)64(32(14-94)131-75)139-78-61(121)67(50(110)36(134-78)18-124-79-68(142-74-41(85-23(5)101)54(114)47(107)29(11-91)129-74)58(118)48(108)35(135-79)17-123-71-38(82-20(2)98)51(111)44(104)26(8-88)126-71)141-80-69(59(119)65(34(16-96)133-80)137-72-39(83-21(3)99)52(112)45(105)27(9-89)127-72)143-76-43(87-25(7)103)57(117)63(33(15-95)132-76)138-77-60(120)66(49(109)30(12-92)130-77)140-73-40(84-22(4)100)53(113)46(106)28(10-90)128-73/h26-80,88-96,104-122H,8-18H2,1-7H3,(H,81,97)(H,82,98)(H,83,99)(H,84,100)(H,85,101)(H,86,102)(H,87,103)/t26-,27-,28-,29-,30-,31-,32-,33-,34-,35-,36-,37-,38-,39-,40-,41-,42-,43-,44-,45-,46-,47-,48-,49+,50-,51-,52-,53-,54-,55-,56-,57-,58+,59+,60-,61+,62-,63-,64-,65-,66+,67+,68+,69+,70?,71-,72+,73+,74+,75+,76+,77+,78+,79+,80-/m1/s1. The first-order valence-corrected chi connectivity index (χ1v) is 45.6. The van der Waals surface area contributed by atoms with Crippen molar-refractivity contribution < 1.29 is 276 Å². The van der Waals surface area contributed by atoms with Crippen molar-refractivity contribution >= 4 is 41.4 Å². The zero-order valence-corrected chi connectivity index (χ0v) is 77.5. The van der Waals surface area contributed by atoms with Crippen LogP contribution in [0.4, 0.5) is 0 Å². The number of rotatable bonds is 38. The fourth-order valence-electron chi connectivity index (χ4n) is 18.5. The largest absolute Gasteiger partial charge is 0.394 e. The summed E-state index contributed by atoms with van der Waals surface area (Å²) in [5.74, 6) is -6.54. The van der Waals surface area contributed by atoms with Gasteiger partial charge in [-0.15, -0.1) is 0 Å². The molecular formula is C80H133N7O56. The van der Waals surface area contributed by atoms with Gasteiger partial charge in [-0.2, -0.15) is 0 Å². The first-order chi connectivity index (χ1) is 67.6. The van der Waals surface area contributed by atoms with Gasteiger partial charge in [0.1, 0.15) is 268 Å². The van der Waals surface area contributed by atoms with Crippen LogP contribution in [-0.2, 0) is 133 Å². The molecule has 63 nitrogen and oxygen atoms in total. The number of aliphatic hydroxyl groups is 28. The Morgan fingerprint density at radius 3 is 0.727 bits per heavy atom. The van der Waals surface area contributed by atoms with Crippen LogP contribution in [0.5, 0.6) is 0 Å². The number of carbonyl (C=O) groups is 7. The van der Waals surface area contributed by atoms with Crippen LogP contribution >= 0.6 is 0 Å². The van der Waals surface area contributed by atoms with Crippen molar-refractivity contribution in [2.75, 3.05) is 72.7 Å². The molecule has 35 N–H and O–H groups in total. The first kappa shape index (κ1) is 118. The molecule has 0 radical (unpaired) electrons. The molecule has 824 valence electrons. The molecule has 7 amide bonds. The number of amides is 7. The van der Waals surface area contributed by atoms with Gasteiger partial charge in [-0.3, -0.25) is 33.6 Å². The monoisotopic (exact) mass is 2090 g/mol. The van der Waals surface area contributed by atoms with Crippen molar-refractivity contribution in [1.29, 1.82) is 0 Å². The number of aliphatic hydroxyl groups excluding tert-OH is 28. The van der Waals surface area contributed by atoms with Gasteiger partial charge in [-0.05, 0) is 0 Å². The molecule has 63 heteroatoms. The van der Waals surface area contributed by atoms with Crippen LogP contribution in [0.25, 0.3) is 0 Å². The third-order valence-corrected chi connectivity index (χ3v) is 25.8. The van der Waals surface area contributed by atoms with Gasteiger partial charge in [0.05, 0.1) is 72.7 Å². The van der Waals surface area contributed by atoms with Crippen molar-refractivity contribution in [2.24, 2.45) is 0 Å². The summed E-state index contributed by atoms with van der Waals surface area (Å²) in [6.45, 7) is -6.30. The Hall–Kier alpha value is -5.67. The van der Waals surface area contributed by atoms with Gasteiger partial charge in [0.15, 0.2) is 69.2 Å². The maximum absolute atomic E-state index is 13.6. The quantitative estimate of drug-likeness (QED) is 0.0273. The molecule has 0 aromatic carbocycles. The molecule has 0 aromatic heterocycles. The highest BCUT2D eigenvalue weighted by Crippen LogP contribution is 2.42. The third kappa shape index (κ3) is 26.9. The third-order valence-electron chi connectivity index (χ3n) is 25.8. The Labute approximate surface area is 810 Å². The Morgan fingerprint density at radius 1 is 0.182 bits per heavy atom. The lowest BCUT2D eigenvalue weighted by Crippen LogP contribution is -2.71. The summed E-state index contributed by atoms with van der Waals surface area (Å²) in [7, 11) is 0. The molecule has 1 unspecified atom stereocenters. The van der Waals surface area contributed by atoms with Crippen LogP contribution in [0.1, 0.15) is 48.5 Å². The van der Waals surface area contributed by atoms with E-state index in [4.69, 9.17) is 99.5 Å². The van der Waals surface area contributed by atoms with Crippen molar-refractivity contribution in [2.45, 2.75) is 386 Å². The number of carbonyl (C=O) groups excluding carboxylic acids is 7. The van der Waals surface area contributed by atoms with E-state index in [0.717, 1.165) is 48.5 Å². The van der Waals surface area contributed by atoms with Gasteiger partial charge in [0.25, 0.3) is 0 Å². The molecule has 0 saturated carbocycles. The minimum atomic E-state index is -2.78. The maximum Gasteiger partial charge on any atom is 0.217 e. The first-order valence-electron chi connectivity index (χ1n) is 45.6. The van der Waals surface area contributed by atoms with Gasteiger partial charge in [-0.25, -0.2) is 0 Å². The summed E-state index contributed by atoms with van der Waals surface area (Å²) in [4.78, 5) is 89.9. The highest BCUT2D eigenvalue weighted by Gasteiger charge is 2.63. The maximum atomic E-state index is 13.6. The van der Waals surface area contributed by atoms with E-state index in [-0.39, 0.29) is 0 Å². The average Bonchev–Trinajstić information content (AvgIpc) is 0.757. The molecule has 11 aliphatic rings. The fraction of sp³-hybridized carbons (Fsp3) is 0.912. The van der Waals surface area contributed by atoms with Gasteiger partial charge in [0, 0.05) is 48.5 Å². The minimum absolute atomic E-state index is 0.836. The van der Waals surface area contributed by atoms with Gasteiger partial charge in [-0.1, -0.05) is 0 Å². The van der Waals surface area contributed by atoms with Crippen LogP contribution in [0.3, 0.4) is 0 Å². The molecule has 0 bridgehead atoms. The Morgan fingerprint density at radius 2 is 0.385 bits per heavy atom. The second-order valence-electron chi connectivity index (χ2n) is 36.0. The smallest absolute Gasteiger partial charge is 0.217 e. The lowest BCUT2D eigenvalue weighted by molar-refractivity contribution is -0.406. The van der Waals surface area contributed by atoms with Crippen LogP contribution in [0.2, 0.25) is 0 Å². The number of hydrogen-bond acceptors (Lipinski definition) is 56. The molecule has 55 atom stereocenters. The van der Waals surface area contributed by atoms with E-state index in [9.17, 15) is 177 Å². The molecule has 11 rings (SSSR count). The van der Waals surface area contributed by atoms with Crippen molar-refractivity contribution in [3.8, 4) is 0 Å². The Balaban J connectivity index is 1.00. The van der Waals surface area contributed by atoms with E-state index in [0.29, 0.717) is 0 Å². The summed E-state index contributed by atoms with van der Waals surface area (Å²) < 4.78 is 128. The van der Waals surface area contributed by atoms with Gasteiger partial charge >= 0.3 is 0 Å².